The molecule has 0 aromatic rings. The van der Waals surface area contributed by atoms with Gasteiger partial charge in [0.05, 0.1) is 13.3 Å². The van der Waals surface area contributed by atoms with Crippen LogP contribution in [0.1, 0.15) is 13.3 Å². The molecule has 0 rings (SSSR count). The molecule has 0 aliphatic heterocycles. The molecular formula is C7H17NO2. The van der Waals surface area contributed by atoms with E-state index in [9.17, 15) is 0 Å². The van der Waals surface area contributed by atoms with Crippen LogP contribution in [0.4, 0.5) is 0 Å². The van der Waals surface area contributed by atoms with Crippen molar-refractivity contribution in [2.75, 3.05) is 19.9 Å². The monoisotopic (exact) mass is 147 g/mol. The topological polar surface area (TPSA) is 55.5 Å². The van der Waals surface area contributed by atoms with Crippen molar-refractivity contribution in [2.45, 2.75) is 13.3 Å². The fourth-order valence-corrected chi connectivity index (χ4v) is 0.151. The van der Waals surface area contributed by atoms with Crippen LogP contribution in [0.15, 0.2) is 12.7 Å². The number of aliphatic hydroxyl groups is 1. The molecular weight excluding hydrogens is 130 g/mol. The van der Waals surface area contributed by atoms with Gasteiger partial charge in [0.1, 0.15) is 0 Å². The number of hydrogen-bond acceptors (Lipinski definition) is 3. The average molecular weight is 147 g/mol. The highest BCUT2D eigenvalue weighted by Gasteiger charge is 1.67. The second-order valence-electron chi connectivity index (χ2n) is 1.55. The minimum atomic E-state index is 0.284. The SMILES string of the molecule is C=CCOCN.CCCO. The van der Waals surface area contributed by atoms with Gasteiger partial charge in [-0.3, -0.25) is 0 Å². The predicted molar refractivity (Wildman–Crippen MR) is 42.6 cm³/mol. The predicted octanol–water partition coefficient (Wildman–Crippen LogP) is 0.494. The maximum atomic E-state index is 7.88. The minimum absolute atomic E-state index is 0.284. The van der Waals surface area contributed by atoms with E-state index in [-0.39, 0.29) is 6.73 Å². The molecule has 0 fully saturated rings. The summed E-state index contributed by atoms with van der Waals surface area (Å²) in [6.07, 6.45) is 2.53. The van der Waals surface area contributed by atoms with Gasteiger partial charge in [-0.15, -0.1) is 6.58 Å². The van der Waals surface area contributed by atoms with Crippen molar-refractivity contribution in [2.24, 2.45) is 5.73 Å². The molecule has 3 N–H and O–H groups in total. The first-order valence-electron chi connectivity index (χ1n) is 3.33. The molecule has 3 nitrogen and oxygen atoms in total. The number of ether oxygens (including phenoxy) is 1. The third kappa shape index (κ3) is 25.5. The van der Waals surface area contributed by atoms with Crippen LogP contribution in [0.3, 0.4) is 0 Å². The lowest BCUT2D eigenvalue weighted by atomic mass is 10.5. The minimum Gasteiger partial charge on any atom is -0.396 e. The molecule has 0 aromatic heterocycles. The molecule has 0 amide bonds. The van der Waals surface area contributed by atoms with E-state index in [0.717, 1.165) is 6.42 Å². The normalized spacial score (nSPS) is 7.90. The van der Waals surface area contributed by atoms with Crippen molar-refractivity contribution in [3.05, 3.63) is 12.7 Å². The number of rotatable bonds is 4. The molecule has 0 saturated heterocycles. The zero-order valence-electron chi connectivity index (χ0n) is 6.55. The smallest absolute Gasteiger partial charge is 0.0944 e. The fraction of sp³-hybridized carbons (Fsp3) is 0.714. The van der Waals surface area contributed by atoms with E-state index < -0.39 is 0 Å². The summed E-state index contributed by atoms with van der Waals surface area (Å²) in [5, 5.41) is 7.88. The summed E-state index contributed by atoms with van der Waals surface area (Å²) in [6.45, 7) is 6.50. The number of aliphatic hydroxyl groups excluding tert-OH is 1. The zero-order valence-corrected chi connectivity index (χ0v) is 6.55. The molecule has 0 aliphatic carbocycles. The van der Waals surface area contributed by atoms with Crippen LogP contribution >= 0.6 is 0 Å². The van der Waals surface area contributed by atoms with Gasteiger partial charge in [0, 0.05) is 6.61 Å². The Bertz CT molecular complexity index is 55.6. The van der Waals surface area contributed by atoms with Crippen LogP contribution in [-0.2, 0) is 4.74 Å². The van der Waals surface area contributed by atoms with Gasteiger partial charge in [0.25, 0.3) is 0 Å². The van der Waals surface area contributed by atoms with Crippen LogP contribution in [0.25, 0.3) is 0 Å². The van der Waals surface area contributed by atoms with Crippen molar-refractivity contribution in [1.29, 1.82) is 0 Å². The summed E-state index contributed by atoms with van der Waals surface area (Å²) in [7, 11) is 0. The molecule has 0 aromatic carbocycles. The van der Waals surface area contributed by atoms with E-state index in [1.165, 1.54) is 0 Å². The summed E-state index contributed by atoms with van der Waals surface area (Å²) in [5.74, 6) is 0. The van der Waals surface area contributed by atoms with Crippen molar-refractivity contribution in [1.82, 2.24) is 0 Å². The molecule has 10 heavy (non-hydrogen) atoms. The Morgan fingerprint density at radius 3 is 2.30 bits per heavy atom. The van der Waals surface area contributed by atoms with E-state index in [1.807, 2.05) is 6.92 Å². The first-order valence-corrected chi connectivity index (χ1v) is 3.33. The van der Waals surface area contributed by atoms with Gasteiger partial charge in [0.2, 0.25) is 0 Å². The van der Waals surface area contributed by atoms with Crippen molar-refractivity contribution >= 4 is 0 Å². The Morgan fingerprint density at radius 2 is 2.20 bits per heavy atom. The molecule has 0 aliphatic rings. The van der Waals surface area contributed by atoms with Crippen LogP contribution in [0.2, 0.25) is 0 Å². The fourth-order valence-electron chi connectivity index (χ4n) is 0.151. The third-order valence-corrected chi connectivity index (χ3v) is 0.577. The van der Waals surface area contributed by atoms with Gasteiger partial charge < -0.3 is 15.6 Å². The largest absolute Gasteiger partial charge is 0.396 e. The second kappa shape index (κ2) is 15.8. The van der Waals surface area contributed by atoms with E-state index in [2.05, 4.69) is 11.3 Å². The standard InChI is InChI=1S/C4H9NO.C3H8O/c1-2-3-6-4-5;1-2-3-4/h2H,1,3-5H2;4H,2-3H2,1H3. The molecule has 0 unspecified atom stereocenters. The van der Waals surface area contributed by atoms with Crippen LogP contribution in [0, 0.1) is 0 Å². The molecule has 0 saturated carbocycles. The van der Waals surface area contributed by atoms with E-state index >= 15 is 0 Å². The molecule has 3 heteroatoms. The van der Waals surface area contributed by atoms with Crippen LogP contribution in [-0.4, -0.2) is 25.1 Å². The molecule has 0 bridgehead atoms. The number of nitrogens with two attached hydrogens (primary N) is 1. The zero-order chi connectivity index (χ0) is 8.24. The summed E-state index contributed by atoms with van der Waals surface area (Å²) in [6, 6.07) is 0. The highest BCUT2D eigenvalue weighted by molar-refractivity contribution is 4.62. The maximum Gasteiger partial charge on any atom is 0.0944 e. The summed E-state index contributed by atoms with van der Waals surface area (Å²) in [5.41, 5.74) is 4.94. The Labute approximate surface area is 62.5 Å². The average Bonchev–Trinajstić information content (AvgIpc) is 2.01. The van der Waals surface area contributed by atoms with Gasteiger partial charge in [0.15, 0.2) is 0 Å². The van der Waals surface area contributed by atoms with E-state index in [4.69, 9.17) is 10.8 Å². The highest BCUT2D eigenvalue weighted by Crippen LogP contribution is 1.64. The third-order valence-electron chi connectivity index (χ3n) is 0.577. The Hall–Kier alpha value is -0.380. The summed E-state index contributed by atoms with van der Waals surface area (Å²) in [4.78, 5) is 0. The second-order valence-corrected chi connectivity index (χ2v) is 1.55. The Morgan fingerprint density at radius 1 is 1.70 bits per heavy atom. The lowest BCUT2D eigenvalue weighted by Crippen LogP contribution is -2.03. The lowest BCUT2D eigenvalue weighted by molar-refractivity contribution is 0.170. The summed E-state index contributed by atoms with van der Waals surface area (Å²) < 4.78 is 4.64. The maximum absolute atomic E-state index is 7.88. The molecule has 0 heterocycles. The van der Waals surface area contributed by atoms with Crippen LogP contribution < -0.4 is 5.73 Å². The van der Waals surface area contributed by atoms with Crippen LogP contribution in [0.5, 0.6) is 0 Å². The molecule has 62 valence electrons. The van der Waals surface area contributed by atoms with Gasteiger partial charge in [-0.2, -0.15) is 0 Å². The van der Waals surface area contributed by atoms with E-state index in [1.54, 1.807) is 6.08 Å². The Kier molecular flexibility index (Phi) is 19.5. The van der Waals surface area contributed by atoms with Gasteiger partial charge in [-0.1, -0.05) is 13.0 Å². The van der Waals surface area contributed by atoms with Crippen molar-refractivity contribution in [3.63, 3.8) is 0 Å². The Balaban J connectivity index is 0. The lowest BCUT2D eigenvalue weighted by Gasteiger charge is -1.88. The van der Waals surface area contributed by atoms with Gasteiger partial charge >= 0.3 is 0 Å². The summed E-state index contributed by atoms with van der Waals surface area (Å²) >= 11 is 0. The molecule has 0 radical (unpaired) electrons. The molecule has 0 atom stereocenters. The van der Waals surface area contributed by atoms with Crippen molar-refractivity contribution < 1.29 is 9.84 Å². The quantitative estimate of drug-likeness (QED) is 0.346. The van der Waals surface area contributed by atoms with E-state index in [0.29, 0.717) is 13.2 Å². The molecule has 0 spiro atoms. The first kappa shape index (κ1) is 12.3. The van der Waals surface area contributed by atoms with Crippen molar-refractivity contribution in [3.8, 4) is 0 Å². The van der Waals surface area contributed by atoms with Gasteiger partial charge in [-0.25, -0.2) is 0 Å². The van der Waals surface area contributed by atoms with Gasteiger partial charge in [-0.05, 0) is 6.42 Å². The first-order chi connectivity index (χ1) is 4.83. The highest BCUT2D eigenvalue weighted by atomic mass is 16.5. The number of hydrogen-bond donors (Lipinski definition) is 2.